The lowest BCUT2D eigenvalue weighted by molar-refractivity contribution is 0.592. The fraction of sp³-hybridized carbons (Fsp3) is 0.0476. The van der Waals surface area contributed by atoms with Crippen molar-refractivity contribution in [2.45, 2.75) is 11.8 Å². The molecule has 0 heteroatoms. The van der Waals surface area contributed by atoms with E-state index in [9.17, 15) is 0 Å². The van der Waals surface area contributed by atoms with Gasteiger partial charge < -0.3 is 0 Å². The Morgan fingerprint density at radius 3 is 0.762 bits per heavy atom. The lowest BCUT2D eigenvalue weighted by Crippen LogP contribution is -2.31. The molecule has 0 spiro atoms. The number of rotatable bonds is 2. The van der Waals surface area contributed by atoms with Crippen LogP contribution in [0.15, 0.2) is 169 Å². The summed E-state index contributed by atoms with van der Waals surface area (Å²) in [6.45, 7) is 0. The van der Waals surface area contributed by atoms with Crippen LogP contribution < -0.4 is 0 Å². The third kappa shape index (κ3) is 3.24. The van der Waals surface area contributed by atoms with Crippen LogP contribution in [0.25, 0.3) is 33.4 Å². The molecule has 0 amide bonds. The monoisotopic (exact) mass is 532 g/mol. The van der Waals surface area contributed by atoms with Crippen molar-refractivity contribution in [3.63, 3.8) is 0 Å². The number of benzene rings is 6. The number of fused-ring (bicyclic) bond motifs is 6. The average Bonchev–Trinajstić information content (AvgIpc) is 3.55. The molecule has 0 N–H and O–H groups in total. The highest BCUT2D eigenvalue weighted by molar-refractivity contribution is 6.09. The van der Waals surface area contributed by atoms with Gasteiger partial charge in [-0.15, -0.1) is 0 Å². The normalized spacial score (nSPS) is 17.8. The Kier molecular flexibility index (Phi) is 5.12. The van der Waals surface area contributed by atoms with Gasteiger partial charge in [0.25, 0.3) is 0 Å². The highest BCUT2D eigenvalue weighted by Crippen LogP contribution is 2.66. The minimum atomic E-state index is 0.241. The van der Waals surface area contributed by atoms with Gasteiger partial charge in [0.05, 0.1) is 0 Å². The summed E-state index contributed by atoms with van der Waals surface area (Å²) in [5, 5.41) is 0. The summed E-state index contributed by atoms with van der Waals surface area (Å²) < 4.78 is 0. The Labute approximate surface area is 247 Å². The topological polar surface area (TPSA) is 0 Å². The van der Waals surface area contributed by atoms with Gasteiger partial charge in [-0.1, -0.05) is 158 Å². The Hall–Kier alpha value is -5.20. The van der Waals surface area contributed by atoms with Gasteiger partial charge in [0.15, 0.2) is 0 Å². The smallest absolute Gasteiger partial charge is 0.0209 e. The van der Waals surface area contributed by atoms with Gasteiger partial charge in [0.1, 0.15) is 0 Å². The molecule has 6 aromatic carbocycles. The second-order valence-corrected chi connectivity index (χ2v) is 11.5. The van der Waals surface area contributed by atoms with Gasteiger partial charge >= 0.3 is 0 Å². The molecular formula is C42H28. The third-order valence-corrected chi connectivity index (χ3v) is 9.47. The molecule has 196 valence electrons. The van der Waals surface area contributed by atoms with Crippen LogP contribution in [-0.2, 0) is 0 Å². The molecule has 2 atom stereocenters. The molecule has 0 unspecified atom stereocenters. The molecule has 42 heavy (non-hydrogen) atoms. The van der Waals surface area contributed by atoms with E-state index in [1.54, 1.807) is 0 Å². The predicted molar refractivity (Wildman–Crippen MR) is 174 cm³/mol. The van der Waals surface area contributed by atoms with Crippen molar-refractivity contribution in [3.05, 3.63) is 202 Å². The van der Waals surface area contributed by atoms with E-state index in [2.05, 4.69) is 158 Å². The van der Waals surface area contributed by atoms with Crippen LogP contribution in [0.3, 0.4) is 0 Å². The van der Waals surface area contributed by atoms with Crippen LogP contribution in [0.4, 0.5) is 0 Å². The van der Waals surface area contributed by atoms with Gasteiger partial charge in [-0.2, -0.15) is 0 Å². The maximum atomic E-state index is 2.33. The standard InChI is InChI=1S/C42H28/c1-3-15-27(16-4-1)37-38(28-17-5-2-6-18-28)42(40-35-25-13-9-21-31(35)32-22-10-14-26-36(32)40)41(37)39-33-23-11-7-19-29(33)30-20-8-12-24-34(30)39/h1-26,37-38H/t37-,38-/m0/s1. The Morgan fingerprint density at radius 1 is 0.238 bits per heavy atom. The van der Waals surface area contributed by atoms with Crippen LogP contribution >= 0.6 is 0 Å². The first-order valence-corrected chi connectivity index (χ1v) is 14.9. The number of hydrogen-bond donors (Lipinski definition) is 0. The fourth-order valence-corrected chi connectivity index (χ4v) is 7.81. The molecule has 0 radical (unpaired) electrons. The van der Waals surface area contributed by atoms with E-state index in [1.165, 1.54) is 77.9 Å². The van der Waals surface area contributed by atoms with Crippen LogP contribution in [0.5, 0.6) is 0 Å². The molecule has 6 aromatic rings. The molecule has 0 saturated heterocycles. The predicted octanol–water partition coefficient (Wildman–Crippen LogP) is 10.5. The van der Waals surface area contributed by atoms with Crippen LogP contribution in [0.1, 0.15) is 45.2 Å². The zero-order valence-corrected chi connectivity index (χ0v) is 23.2. The molecule has 3 aliphatic carbocycles. The van der Waals surface area contributed by atoms with Crippen LogP contribution in [0, 0.1) is 0 Å². The molecule has 0 bridgehead atoms. The minimum absolute atomic E-state index is 0.241. The molecule has 0 aromatic heterocycles. The maximum Gasteiger partial charge on any atom is 0.0209 e. The number of allylic oxidation sites excluding steroid dienone is 2. The lowest BCUT2D eigenvalue weighted by atomic mass is 9.56. The van der Waals surface area contributed by atoms with Gasteiger partial charge in [0.2, 0.25) is 0 Å². The zero-order valence-electron chi connectivity index (χ0n) is 23.2. The maximum absolute atomic E-state index is 2.33. The summed E-state index contributed by atoms with van der Waals surface area (Å²) in [7, 11) is 0. The molecule has 0 aliphatic heterocycles. The average molecular weight is 533 g/mol. The summed E-state index contributed by atoms with van der Waals surface area (Å²) in [4.78, 5) is 0. The van der Waals surface area contributed by atoms with Crippen molar-refractivity contribution in [1.82, 2.24) is 0 Å². The first-order valence-electron chi connectivity index (χ1n) is 14.9. The Balaban J connectivity index is 1.46. The van der Waals surface area contributed by atoms with Gasteiger partial charge in [-0.25, -0.2) is 0 Å². The molecule has 0 heterocycles. The minimum Gasteiger partial charge on any atom is -0.0622 e. The Morgan fingerprint density at radius 2 is 0.476 bits per heavy atom. The highest BCUT2D eigenvalue weighted by atomic mass is 14.5. The summed E-state index contributed by atoms with van der Waals surface area (Å²) in [5.41, 5.74) is 19.2. The highest BCUT2D eigenvalue weighted by Gasteiger charge is 2.49. The molecule has 9 rings (SSSR count). The van der Waals surface area contributed by atoms with Crippen molar-refractivity contribution < 1.29 is 0 Å². The second-order valence-electron chi connectivity index (χ2n) is 11.5. The zero-order chi connectivity index (χ0) is 27.6. The SMILES string of the molecule is c1ccc([C@@H]2C(=C3c4ccccc4-c4ccccc43)C(=C3c4ccccc4-c4ccccc43)[C@H]2c2ccccc2)cc1. The Bertz CT molecular complexity index is 1830. The van der Waals surface area contributed by atoms with E-state index >= 15 is 0 Å². The first-order chi connectivity index (χ1) is 20.9. The third-order valence-electron chi connectivity index (χ3n) is 9.47. The quantitative estimate of drug-likeness (QED) is 0.208. The van der Waals surface area contributed by atoms with E-state index in [0.717, 1.165) is 0 Å². The van der Waals surface area contributed by atoms with Crippen molar-refractivity contribution in [2.75, 3.05) is 0 Å². The van der Waals surface area contributed by atoms with E-state index in [-0.39, 0.29) is 11.8 Å². The second kappa shape index (κ2) is 9.16. The van der Waals surface area contributed by atoms with Gasteiger partial charge in [-0.3, -0.25) is 0 Å². The van der Waals surface area contributed by atoms with E-state index < -0.39 is 0 Å². The summed E-state index contributed by atoms with van der Waals surface area (Å²) >= 11 is 0. The van der Waals surface area contributed by atoms with E-state index in [4.69, 9.17) is 0 Å². The van der Waals surface area contributed by atoms with Gasteiger partial charge in [-0.05, 0) is 77.9 Å². The molecule has 3 aliphatic rings. The van der Waals surface area contributed by atoms with Crippen molar-refractivity contribution in [3.8, 4) is 22.3 Å². The largest absolute Gasteiger partial charge is 0.0622 e. The first kappa shape index (κ1) is 23.5. The molecule has 1 fully saturated rings. The van der Waals surface area contributed by atoms with Crippen LogP contribution in [-0.4, -0.2) is 0 Å². The van der Waals surface area contributed by atoms with Crippen molar-refractivity contribution >= 4 is 11.1 Å². The molecular weight excluding hydrogens is 504 g/mol. The summed E-state index contributed by atoms with van der Waals surface area (Å²) in [6, 6.07) is 58.3. The molecule has 0 nitrogen and oxygen atoms in total. The fourth-order valence-electron chi connectivity index (χ4n) is 7.81. The van der Waals surface area contributed by atoms with E-state index in [1.807, 2.05) is 0 Å². The van der Waals surface area contributed by atoms with Crippen LogP contribution in [0.2, 0.25) is 0 Å². The molecule has 1 saturated carbocycles. The summed E-state index contributed by atoms with van der Waals surface area (Å²) in [6.07, 6.45) is 0. The summed E-state index contributed by atoms with van der Waals surface area (Å²) in [5.74, 6) is 0.482. The van der Waals surface area contributed by atoms with Gasteiger partial charge in [0, 0.05) is 11.8 Å². The van der Waals surface area contributed by atoms with Crippen molar-refractivity contribution in [2.24, 2.45) is 0 Å². The van der Waals surface area contributed by atoms with Crippen molar-refractivity contribution in [1.29, 1.82) is 0 Å². The lowest BCUT2D eigenvalue weighted by Gasteiger charge is -2.46. The number of hydrogen-bond acceptors (Lipinski definition) is 0. The van der Waals surface area contributed by atoms with E-state index in [0.29, 0.717) is 0 Å².